The van der Waals surface area contributed by atoms with Crippen LogP contribution in [0, 0.1) is 6.92 Å². The van der Waals surface area contributed by atoms with Crippen molar-refractivity contribution in [3.63, 3.8) is 0 Å². The maximum Gasteiger partial charge on any atom is 0.0898 e. The second-order valence-electron chi connectivity index (χ2n) is 4.32. The van der Waals surface area contributed by atoms with Crippen molar-refractivity contribution in [2.45, 2.75) is 26.3 Å². The van der Waals surface area contributed by atoms with Crippen molar-refractivity contribution in [2.75, 3.05) is 6.54 Å². The number of hydrogen-bond donors (Lipinski definition) is 1. The number of nitrogens with zero attached hydrogens (tertiary/aromatic N) is 1. The van der Waals surface area contributed by atoms with Gasteiger partial charge in [0.2, 0.25) is 0 Å². The number of aryl methyl sites for hydroxylation is 1. The molecular formula is C14H16Cl2N2S. The van der Waals surface area contributed by atoms with Crippen LogP contribution in [-0.2, 0) is 0 Å². The molecule has 1 N–H and O–H groups in total. The lowest BCUT2D eigenvalue weighted by Crippen LogP contribution is -2.23. The van der Waals surface area contributed by atoms with E-state index in [9.17, 15) is 0 Å². The van der Waals surface area contributed by atoms with Gasteiger partial charge in [-0.1, -0.05) is 42.3 Å². The molecule has 0 spiro atoms. The SMILES string of the molecule is CCCNC(c1csc(C)n1)c1cccc(Cl)c1Cl. The Hall–Kier alpha value is -0.610. The van der Waals surface area contributed by atoms with Gasteiger partial charge in [-0.3, -0.25) is 0 Å². The fourth-order valence-electron chi connectivity index (χ4n) is 1.92. The topological polar surface area (TPSA) is 24.9 Å². The predicted molar refractivity (Wildman–Crippen MR) is 83.4 cm³/mol. The molecule has 0 aliphatic heterocycles. The van der Waals surface area contributed by atoms with Crippen LogP contribution in [0.2, 0.25) is 10.0 Å². The lowest BCUT2D eigenvalue weighted by molar-refractivity contribution is 0.588. The summed E-state index contributed by atoms with van der Waals surface area (Å²) in [7, 11) is 0. The first-order valence-electron chi connectivity index (χ1n) is 6.22. The number of rotatable bonds is 5. The molecule has 1 aromatic heterocycles. The van der Waals surface area contributed by atoms with Crippen molar-refractivity contribution in [1.29, 1.82) is 0 Å². The van der Waals surface area contributed by atoms with E-state index in [0.29, 0.717) is 10.0 Å². The Kier molecular flexibility index (Phi) is 5.22. The van der Waals surface area contributed by atoms with Crippen LogP contribution < -0.4 is 5.32 Å². The lowest BCUT2D eigenvalue weighted by atomic mass is 10.0. The van der Waals surface area contributed by atoms with Gasteiger partial charge in [-0.05, 0) is 31.5 Å². The third-order valence-electron chi connectivity index (χ3n) is 2.82. The molecule has 1 aromatic carbocycles. The van der Waals surface area contributed by atoms with Gasteiger partial charge in [0.1, 0.15) is 0 Å². The van der Waals surface area contributed by atoms with Crippen LogP contribution in [0.25, 0.3) is 0 Å². The monoisotopic (exact) mass is 314 g/mol. The van der Waals surface area contributed by atoms with Crippen molar-refractivity contribution in [3.05, 3.63) is 49.9 Å². The summed E-state index contributed by atoms with van der Waals surface area (Å²) in [6.45, 7) is 5.05. The van der Waals surface area contributed by atoms with Crippen LogP contribution in [0.15, 0.2) is 23.6 Å². The highest BCUT2D eigenvalue weighted by molar-refractivity contribution is 7.09. The summed E-state index contributed by atoms with van der Waals surface area (Å²) in [6, 6.07) is 5.71. The van der Waals surface area contributed by atoms with Gasteiger partial charge in [0.25, 0.3) is 0 Å². The van der Waals surface area contributed by atoms with E-state index >= 15 is 0 Å². The Morgan fingerprint density at radius 1 is 1.37 bits per heavy atom. The number of thiazole rings is 1. The third kappa shape index (κ3) is 3.48. The zero-order valence-electron chi connectivity index (χ0n) is 10.9. The molecular weight excluding hydrogens is 299 g/mol. The van der Waals surface area contributed by atoms with Gasteiger partial charge in [0.05, 0.1) is 26.8 Å². The summed E-state index contributed by atoms with van der Waals surface area (Å²) in [5.74, 6) is 0. The molecule has 1 heterocycles. The van der Waals surface area contributed by atoms with Crippen LogP contribution in [-0.4, -0.2) is 11.5 Å². The Morgan fingerprint density at radius 2 is 2.16 bits per heavy atom. The highest BCUT2D eigenvalue weighted by atomic mass is 35.5. The molecule has 0 amide bonds. The Morgan fingerprint density at radius 3 is 2.79 bits per heavy atom. The summed E-state index contributed by atoms with van der Waals surface area (Å²) in [5.41, 5.74) is 1.98. The highest BCUT2D eigenvalue weighted by Gasteiger charge is 2.19. The van der Waals surface area contributed by atoms with E-state index in [1.54, 1.807) is 17.4 Å². The molecule has 102 valence electrons. The molecule has 2 rings (SSSR count). The maximum atomic E-state index is 6.33. The maximum absolute atomic E-state index is 6.33. The number of halogens is 2. The molecule has 0 bridgehead atoms. The van der Waals surface area contributed by atoms with E-state index in [0.717, 1.165) is 29.2 Å². The molecule has 2 nitrogen and oxygen atoms in total. The van der Waals surface area contributed by atoms with Gasteiger partial charge < -0.3 is 5.32 Å². The standard InChI is InChI=1S/C14H16Cl2N2S/c1-3-7-17-14(12-8-19-9(2)18-12)10-5-4-6-11(15)13(10)16/h4-6,8,14,17H,3,7H2,1-2H3. The van der Waals surface area contributed by atoms with Crippen molar-refractivity contribution in [3.8, 4) is 0 Å². The van der Waals surface area contributed by atoms with Gasteiger partial charge in [-0.15, -0.1) is 11.3 Å². The molecule has 1 unspecified atom stereocenters. The normalized spacial score (nSPS) is 12.6. The van der Waals surface area contributed by atoms with E-state index in [-0.39, 0.29) is 6.04 Å². The van der Waals surface area contributed by atoms with Crippen LogP contribution >= 0.6 is 34.5 Å². The van der Waals surface area contributed by atoms with E-state index in [4.69, 9.17) is 23.2 Å². The average Bonchev–Trinajstić information content (AvgIpc) is 2.81. The highest BCUT2D eigenvalue weighted by Crippen LogP contribution is 2.33. The largest absolute Gasteiger partial charge is 0.305 e. The van der Waals surface area contributed by atoms with Gasteiger partial charge in [0, 0.05) is 5.38 Å². The Balaban J connectivity index is 2.39. The van der Waals surface area contributed by atoms with Crippen molar-refractivity contribution in [2.24, 2.45) is 0 Å². The quantitative estimate of drug-likeness (QED) is 0.853. The van der Waals surface area contributed by atoms with E-state index in [1.807, 2.05) is 19.1 Å². The van der Waals surface area contributed by atoms with Crippen LogP contribution in [0.4, 0.5) is 0 Å². The second kappa shape index (κ2) is 6.71. The van der Waals surface area contributed by atoms with Crippen LogP contribution in [0.3, 0.4) is 0 Å². The van der Waals surface area contributed by atoms with E-state index < -0.39 is 0 Å². The molecule has 0 aliphatic rings. The first-order valence-corrected chi connectivity index (χ1v) is 7.86. The molecule has 5 heteroatoms. The minimum atomic E-state index is -0.00361. The molecule has 0 saturated heterocycles. The smallest absolute Gasteiger partial charge is 0.0898 e. The zero-order valence-corrected chi connectivity index (χ0v) is 13.2. The fraction of sp³-hybridized carbons (Fsp3) is 0.357. The molecule has 0 fully saturated rings. The average molecular weight is 315 g/mol. The number of benzene rings is 1. The number of aromatic nitrogens is 1. The molecule has 1 atom stereocenters. The molecule has 0 aliphatic carbocycles. The van der Waals surface area contributed by atoms with Gasteiger partial charge >= 0.3 is 0 Å². The van der Waals surface area contributed by atoms with Gasteiger partial charge in [0.15, 0.2) is 0 Å². The van der Waals surface area contributed by atoms with Crippen molar-refractivity contribution < 1.29 is 0 Å². The molecule has 2 aromatic rings. The van der Waals surface area contributed by atoms with Crippen LogP contribution in [0.1, 0.15) is 35.7 Å². The number of hydrogen-bond acceptors (Lipinski definition) is 3. The van der Waals surface area contributed by atoms with Crippen molar-refractivity contribution in [1.82, 2.24) is 10.3 Å². The molecule has 19 heavy (non-hydrogen) atoms. The zero-order chi connectivity index (χ0) is 13.8. The molecule has 0 saturated carbocycles. The van der Waals surface area contributed by atoms with E-state index in [2.05, 4.69) is 22.6 Å². The van der Waals surface area contributed by atoms with Gasteiger partial charge in [-0.25, -0.2) is 4.98 Å². The first kappa shape index (κ1) is 14.8. The first-order chi connectivity index (χ1) is 9.13. The summed E-state index contributed by atoms with van der Waals surface area (Å²) in [5, 5.41) is 7.78. The van der Waals surface area contributed by atoms with Gasteiger partial charge in [-0.2, -0.15) is 0 Å². The molecule has 0 radical (unpaired) electrons. The lowest BCUT2D eigenvalue weighted by Gasteiger charge is -2.19. The Bertz CT molecular complexity index is 554. The van der Waals surface area contributed by atoms with Crippen molar-refractivity contribution >= 4 is 34.5 Å². The van der Waals surface area contributed by atoms with Crippen LogP contribution in [0.5, 0.6) is 0 Å². The third-order valence-corrected chi connectivity index (χ3v) is 4.45. The summed E-state index contributed by atoms with van der Waals surface area (Å²) >= 11 is 14.1. The predicted octanol–water partition coefficient (Wildman–Crippen LogP) is 4.85. The summed E-state index contributed by atoms with van der Waals surface area (Å²) < 4.78 is 0. The summed E-state index contributed by atoms with van der Waals surface area (Å²) in [4.78, 5) is 4.57. The number of nitrogens with one attached hydrogen (secondary N) is 1. The summed E-state index contributed by atoms with van der Waals surface area (Å²) in [6.07, 6.45) is 1.05. The fourth-order valence-corrected chi connectivity index (χ4v) is 2.97. The van der Waals surface area contributed by atoms with E-state index in [1.165, 1.54) is 0 Å². The minimum Gasteiger partial charge on any atom is -0.305 e. The minimum absolute atomic E-state index is 0.00361. The Labute approximate surface area is 127 Å². The second-order valence-corrected chi connectivity index (χ2v) is 6.17.